The minimum absolute atomic E-state index is 0.0804. The number of aryl methyl sites for hydroxylation is 1. The molecule has 6 nitrogen and oxygen atoms in total. The molecule has 3 rings (SSSR count). The Morgan fingerprint density at radius 1 is 1.43 bits per heavy atom. The maximum Gasteiger partial charge on any atom is 0.293 e. The van der Waals surface area contributed by atoms with Crippen molar-refractivity contribution in [1.82, 2.24) is 14.5 Å². The summed E-state index contributed by atoms with van der Waals surface area (Å²) in [5, 5.41) is 0. The van der Waals surface area contributed by atoms with Crippen molar-refractivity contribution >= 4 is 5.82 Å². The van der Waals surface area contributed by atoms with Crippen molar-refractivity contribution in [2.24, 2.45) is 7.05 Å². The van der Waals surface area contributed by atoms with Crippen LogP contribution in [-0.4, -0.2) is 34.2 Å². The zero-order chi connectivity index (χ0) is 14.8. The highest BCUT2D eigenvalue weighted by Crippen LogP contribution is 2.32. The Hall–Kier alpha value is -2.21. The molecule has 21 heavy (non-hydrogen) atoms. The van der Waals surface area contributed by atoms with Gasteiger partial charge in [-0.15, -0.1) is 0 Å². The Labute approximate surface area is 123 Å². The van der Waals surface area contributed by atoms with Gasteiger partial charge in [-0.2, -0.15) is 0 Å². The lowest BCUT2D eigenvalue weighted by Gasteiger charge is -2.29. The molecular formula is C15H18N4O2. The van der Waals surface area contributed by atoms with Crippen molar-refractivity contribution in [2.75, 3.05) is 18.6 Å². The van der Waals surface area contributed by atoms with Gasteiger partial charge in [-0.05, 0) is 12.5 Å². The first-order valence-corrected chi connectivity index (χ1v) is 6.94. The number of nitrogens with zero attached hydrogens (tertiary/aromatic N) is 4. The molecule has 0 aliphatic carbocycles. The fraction of sp³-hybridized carbons (Fsp3) is 0.400. The molecular weight excluding hydrogens is 268 g/mol. The standard InChI is InChI=1S/C15H18N4O2/c1-18-8-7-17-14(15(18)20)19(2)12-5-9-21-13(12)11-4-3-6-16-10-11/h3-4,6-8,10,12-13H,5,9H2,1-2H3/t12-,13+/m0/s1. The van der Waals surface area contributed by atoms with Crippen molar-refractivity contribution < 1.29 is 4.74 Å². The molecule has 110 valence electrons. The number of rotatable bonds is 3. The maximum atomic E-state index is 12.2. The third-order valence-electron chi connectivity index (χ3n) is 3.90. The lowest BCUT2D eigenvalue weighted by atomic mass is 10.0. The summed E-state index contributed by atoms with van der Waals surface area (Å²) >= 11 is 0. The minimum atomic E-state index is -0.100. The lowest BCUT2D eigenvalue weighted by molar-refractivity contribution is 0.104. The van der Waals surface area contributed by atoms with Crippen molar-refractivity contribution in [3.05, 3.63) is 52.8 Å². The van der Waals surface area contributed by atoms with E-state index in [1.807, 2.05) is 30.3 Å². The van der Waals surface area contributed by atoms with Crippen LogP contribution in [0.15, 0.2) is 41.7 Å². The average Bonchev–Trinajstić information content (AvgIpc) is 3.00. The van der Waals surface area contributed by atoms with Crippen LogP contribution >= 0.6 is 0 Å². The van der Waals surface area contributed by atoms with Gasteiger partial charge in [0.1, 0.15) is 6.10 Å². The van der Waals surface area contributed by atoms with Gasteiger partial charge in [-0.3, -0.25) is 9.78 Å². The van der Waals surface area contributed by atoms with Crippen LogP contribution in [0.1, 0.15) is 18.1 Å². The molecule has 1 aliphatic heterocycles. The Balaban J connectivity index is 1.92. The molecule has 0 unspecified atom stereocenters. The zero-order valence-electron chi connectivity index (χ0n) is 12.1. The van der Waals surface area contributed by atoms with Crippen LogP contribution in [0.5, 0.6) is 0 Å². The molecule has 2 aromatic heterocycles. The van der Waals surface area contributed by atoms with E-state index in [2.05, 4.69) is 9.97 Å². The number of anilines is 1. The van der Waals surface area contributed by atoms with E-state index in [0.717, 1.165) is 12.0 Å². The van der Waals surface area contributed by atoms with E-state index in [-0.39, 0.29) is 17.7 Å². The molecule has 1 aliphatic rings. The highest BCUT2D eigenvalue weighted by atomic mass is 16.5. The Bertz CT molecular complexity index is 671. The van der Waals surface area contributed by atoms with E-state index in [0.29, 0.717) is 12.4 Å². The first-order chi connectivity index (χ1) is 10.2. The summed E-state index contributed by atoms with van der Waals surface area (Å²) in [6, 6.07) is 3.98. The largest absolute Gasteiger partial charge is 0.371 e. The van der Waals surface area contributed by atoms with Gasteiger partial charge in [0.15, 0.2) is 5.82 Å². The molecule has 0 radical (unpaired) electrons. The molecule has 0 bridgehead atoms. The average molecular weight is 286 g/mol. The molecule has 2 aromatic rings. The topological polar surface area (TPSA) is 60.2 Å². The van der Waals surface area contributed by atoms with Gasteiger partial charge in [-0.1, -0.05) is 6.07 Å². The summed E-state index contributed by atoms with van der Waals surface area (Å²) in [5.41, 5.74) is 0.927. The van der Waals surface area contributed by atoms with Gasteiger partial charge in [0.2, 0.25) is 0 Å². The van der Waals surface area contributed by atoms with Gasteiger partial charge in [0.05, 0.1) is 6.04 Å². The summed E-state index contributed by atoms with van der Waals surface area (Å²) in [6.07, 6.45) is 7.62. The fourth-order valence-corrected chi connectivity index (χ4v) is 2.72. The second-order valence-electron chi connectivity index (χ2n) is 5.21. The number of ether oxygens (including phenoxy) is 1. The molecule has 3 heterocycles. The van der Waals surface area contributed by atoms with Crippen LogP contribution in [0.3, 0.4) is 0 Å². The SMILES string of the molecule is CN(c1nccn(C)c1=O)[C@H]1CCO[C@@H]1c1cccnc1. The number of likely N-dealkylation sites (N-methyl/N-ethyl adjacent to an activating group) is 1. The molecule has 0 amide bonds. The van der Waals surface area contributed by atoms with E-state index < -0.39 is 0 Å². The molecule has 0 spiro atoms. The second-order valence-corrected chi connectivity index (χ2v) is 5.21. The fourth-order valence-electron chi connectivity index (χ4n) is 2.72. The third-order valence-corrected chi connectivity index (χ3v) is 3.90. The molecule has 0 saturated carbocycles. The van der Waals surface area contributed by atoms with Crippen LogP contribution in [-0.2, 0) is 11.8 Å². The zero-order valence-corrected chi connectivity index (χ0v) is 12.1. The van der Waals surface area contributed by atoms with Crippen LogP contribution in [0, 0.1) is 0 Å². The van der Waals surface area contributed by atoms with Gasteiger partial charge in [-0.25, -0.2) is 4.98 Å². The monoisotopic (exact) mass is 286 g/mol. The van der Waals surface area contributed by atoms with E-state index in [1.165, 1.54) is 4.57 Å². The third kappa shape index (κ3) is 2.54. The van der Waals surface area contributed by atoms with Crippen LogP contribution < -0.4 is 10.5 Å². The second kappa shape index (κ2) is 5.65. The first-order valence-electron chi connectivity index (χ1n) is 6.94. The van der Waals surface area contributed by atoms with Crippen molar-refractivity contribution in [3.8, 4) is 0 Å². The lowest BCUT2D eigenvalue weighted by Crippen LogP contribution is -2.39. The highest BCUT2D eigenvalue weighted by molar-refractivity contribution is 5.38. The molecule has 0 N–H and O–H groups in total. The Morgan fingerprint density at radius 3 is 3.05 bits per heavy atom. The maximum absolute atomic E-state index is 12.2. The van der Waals surface area contributed by atoms with Gasteiger partial charge in [0.25, 0.3) is 5.56 Å². The van der Waals surface area contributed by atoms with Gasteiger partial charge < -0.3 is 14.2 Å². The van der Waals surface area contributed by atoms with Crippen molar-refractivity contribution in [1.29, 1.82) is 0 Å². The van der Waals surface area contributed by atoms with E-state index in [4.69, 9.17) is 4.74 Å². The minimum Gasteiger partial charge on any atom is -0.371 e. The van der Waals surface area contributed by atoms with Crippen LogP contribution in [0.25, 0.3) is 0 Å². The van der Waals surface area contributed by atoms with Crippen molar-refractivity contribution in [2.45, 2.75) is 18.6 Å². The predicted molar refractivity (Wildman–Crippen MR) is 79.2 cm³/mol. The Morgan fingerprint density at radius 2 is 2.29 bits per heavy atom. The van der Waals surface area contributed by atoms with E-state index >= 15 is 0 Å². The highest BCUT2D eigenvalue weighted by Gasteiger charge is 2.34. The van der Waals surface area contributed by atoms with Crippen LogP contribution in [0.4, 0.5) is 5.82 Å². The summed E-state index contributed by atoms with van der Waals surface area (Å²) < 4.78 is 7.38. The summed E-state index contributed by atoms with van der Waals surface area (Å²) in [5.74, 6) is 0.449. The van der Waals surface area contributed by atoms with Crippen molar-refractivity contribution in [3.63, 3.8) is 0 Å². The van der Waals surface area contributed by atoms with Crippen LogP contribution in [0.2, 0.25) is 0 Å². The number of hydrogen-bond donors (Lipinski definition) is 0. The summed E-state index contributed by atoms with van der Waals surface area (Å²) in [6.45, 7) is 0.668. The predicted octanol–water partition coefficient (Wildman–Crippen LogP) is 1.14. The molecule has 2 atom stereocenters. The van der Waals surface area contributed by atoms with E-state index in [9.17, 15) is 4.79 Å². The van der Waals surface area contributed by atoms with Gasteiger partial charge in [0, 0.05) is 51.1 Å². The Kier molecular flexibility index (Phi) is 3.70. The number of pyridine rings is 1. The van der Waals surface area contributed by atoms with E-state index in [1.54, 1.807) is 25.6 Å². The van der Waals surface area contributed by atoms with Gasteiger partial charge >= 0.3 is 0 Å². The smallest absolute Gasteiger partial charge is 0.293 e. The molecule has 1 saturated heterocycles. The molecule has 0 aromatic carbocycles. The number of hydrogen-bond acceptors (Lipinski definition) is 5. The molecule has 1 fully saturated rings. The summed E-state index contributed by atoms with van der Waals surface area (Å²) in [4.78, 5) is 22.5. The quantitative estimate of drug-likeness (QED) is 0.847. The summed E-state index contributed by atoms with van der Waals surface area (Å²) in [7, 11) is 3.62. The first kappa shape index (κ1) is 13.8. The molecule has 6 heteroatoms. The normalized spacial score (nSPS) is 21.4. The number of aromatic nitrogens is 3.